The zero-order valence-corrected chi connectivity index (χ0v) is 17.0. The largest absolute Gasteiger partial charge is 0.364 e. The van der Waals surface area contributed by atoms with Crippen LogP contribution in [-0.4, -0.2) is 42.2 Å². The first-order valence-corrected chi connectivity index (χ1v) is 9.14. The van der Waals surface area contributed by atoms with Crippen molar-refractivity contribution in [3.05, 3.63) is 57.9 Å². The molecule has 0 aliphatic carbocycles. The van der Waals surface area contributed by atoms with Gasteiger partial charge in [-0.05, 0) is 18.6 Å². The molecule has 7 heteroatoms. The number of nitrogens with zero attached hydrogens (tertiary/aromatic N) is 1. The van der Waals surface area contributed by atoms with Crippen molar-refractivity contribution in [2.45, 2.75) is 45.9 Å². The van der Waals surface area contributed by atoms with Crippen LogP contribution in [-0.2, 0) is 20.7 Å². The number of aromatic nitrogens is 1. The molecule has 1 heterocycles. The van der Waals surface area contributed by atoms with E-state index in [0.29, 0.717) is 0 Å². The lowest BCUT2D eigenvalue weighted by atomic mass is 9.77. The molecule has 1 aromatic carbocycles. The highest BCUT2D eigenvalue weighted by atomic mass is 16.7. The van der Waals surface area contributed by atoms with Crippen LogP contribution < -0.4 is 0 Å². The fourth-order valence-corrected chi connectivity index (χ4v) is 3.42. The summed E-state index contributed by atoms with van der Waals surface area (Å²) < 4.78 is 9.98. The van der Waals surface area contributed by atoms with Crippen molar-refractivity contribution < 1.29 is 19.2 Å². The number of rotatable bonds is 10. The third-order valence-corrected chi connectivity index (χ3v) is 5.07. The third-order valence-electron chi connectivity index (χ3n) is 5.07. The lowest BCUT2D eigenvalue weighted by molar-refractivity contribution is -0.540. The van der Waals surface area contributed by atoms with Crippen molar-refractivity contribution >= 4 is 5.78 Å². The predicted molar refractivity (Wildman–Crippen MR) is 107 cm³/mol. The van der Waals surface area contributed by atoms with Gasteiger partial charge in [-0.3, -0.25) is 14.9 Å². The molecule has 0 fully saturated rings. The Balaban J connectivity index is 2.26. The number of hydrogen-bond donors (Lipinski definition) is 1. The Labute approximate surface area is 165 Å². The van der Waals surface area contributed by atoms with Crippen molar-refractivity contribution in [1.29, 1.82) is 0 Å². The van der Waals surface area contributed by atoms with Crippen LogP contribution in [0.25, 0.3) is 11.1 Å². The number of ether oxygens (including phenoxy) is 2. The topological polar surface area (TPSA) is 94.5 Å². The molecule has 7 nitrogen and oxygen atoms in total. The summed E-state index contributed by atoms with van der Waals surface area (Å²) in [6.07, 6.45) is 0.936. The zero-order chi connectivity index (χ0) is 20.9. The first-order valence-electron chi connectivity index (χ1n) is 9.14. The van der Waals surface area contributed by atoms with Gasteiger partial charge in [0.2, 0.25) is 12.3 Å². The number of H-pyrrole nitrogens is 1. The van der Waals surface area contributed by atoms with Gasteiger partial charge in [0.25, 0.3) is 0 Å². The molecule has 0 saturated carbocycles. The molecule has 0 radical (unpaired) electrons. The van der Waals surface area contributed by atoms with Crippen molar-refractivity contribution in [3.63, 3.8) is 0 Å². The van der Waals surface area contributed by atoms with Crippen LogP contribution >= 0.6 is 0 Å². The van der Waals surface area contributed by atoms with Gasteiger partial charge in [-0.1, -0.05) is 43.7 Å². The van der Waals surface area contributed by atoms with E-state index in [0.717, 1.165) is 22.4 Å². The highest BCUT2D eigenvalue weighted by molar-refractivity contribution is 5.82. The third kappa shape index (κ3) is 5.05. The number of nitro groups is 1. The van der Waals surface area contributed by atoms with Gasteiger partial charge in [-0.25, -0.2) is 0 Å². The van der Waals surface area contributed by atoms with Gasteiger partial charge in [0.05, 0.1) is 6.42 Å². The van der Waals surface area contributed by atoms with Crippen molar-refractivity contribution in [1.82, 2.24) is 4.98 Å². The molecular weight excluding hydrogens is 360 g/mol. The molecule has 1 atom stereocenters. The number of carbonyl (C=O) groups is 1. The molecule has 2 rings (SSSR count). The fraction of sp³-hybridized carbons (Fsp3) is 0.476. The molecule has 152 valence electrons. The number of benzene rings is 1. The maximum absolute atomic E-state index is 12.4. The average molecular weight is 388 g/mol. The number of methoxy groups -OCH3 is 2. The van der Waals surface area contributed by atoms with E-state index in [2.05, 4.69) is 4.98 Å². The van der Waals surface area contributed by atoms with Gasteiger partial charge in [0.1, 0.15) is 0 Å². The van der Waals surface area contributed by atoms with Gasteiger partial charge in [0, 0.05) is 48.4 Å². The minimum absolute atomic E-state index is 0.0223. The normalized spacial score (nSPS) is 12.9. The molecular formula is C21H28N2O5. The molecule has 28 heavy (non-hydrogen) atoms. The van der Waals surface area contributed by atoms with Crippen LogP contribution in [0, 0.1) is 22.5 Å². The van der Waals surface area contributed by atoms with Gasteiger partial charge < -0.3 is 14.5 Å². The van der Waals surface area contributed by atoms with Gasteiger partial charge in [-0.2, -0.15) is 0 Å². The maximum Gasteiger partial charge on any atom is 0.224 e. The van der Waals surface area contributed by atoms with E-state index in [1.54, 1.807) is 20.0 Å². The molecule has 0 aliphatic rings. The molecule has 0 spiro atoms. The summed E-state index contributed by atoms with van der Waals surface area (Å²) in [5.41, 5.74) is 2.97. The van der Waals surface area contributed by atoms with Gasteiger partial charge in [-0.15, -0.1) is 0 Å². The Hall–Kier alpha value is -2.51. The summed E-state index contributed by atoms with van der Waals surface area (Å²) >= 11 is 0. The van der Waals surface area contributed by atoms with Crippen LogP contribution in [0.3, 0.4) is 0 Å². The van der Waals surface area contributed by atoms with Gasteiger partial charge in [0.15, 0.2) is 5.78 Å². The summed E-state index contributed by atoms with van der Waals surface area (Å²) in [5, 5.41) is 11.9. The molecule has 0 aliphatic heterocycles. The smallest absolute Gasteiger partial charge is 0.224 e. The number of carbonyl (C=O) groups excluding carboxylic acids is 1. The minimum Gasteiger partial charge on any atom is -0.364 e. The summed E-state index contributed by atoms with van der Waals surface area (Å²) in [6, 6.07) is 8.99. The Morgan fingerprint density at radius 3 is 2.32 bits per heavy atom. The number of nitrogens with one attached hydrogen (secondary N) is 1. The number of Topliss-reactive ketones (excluding diaryl/α,β-unsaturated/α-hetero) is 1. The van der Waals surface area contributed by atoms with E-state index in [1.165, 1.54) is 14.2 Å². The Morgan fingerprint density at radius 1 is 1.18 bits per heavy atom. The van der Waals surface area contributed by atoms with Crippen LogP contribution in [0.1, 0.15) is 31.5 Å². The minimum atomic E-state index is -1.01. The van der Waals surface area contributed by atoms with Crippen molar-refractivity contribution in [3.8, 4) is 11.1 Å². The fourth-order valence-electron chi connectivity index (χ4n) is 3.42. The van der Waals surface area contributed by atoms with Crippen molar-refractivity contribution in [2.24, 2.45) is 5.41 Å². The highest BCUT2D eigenvalue weighted by Crippen LogP contribution is 2.33. The van der Waals surface area contributed by atoms with E-state index in [-0.39, 0.29) is 23.5 Å². The Kier molecular flexibility index (Phi) is 7.10. The second-order valence-electron chi connectivity index (χ2n) is 7.68. The first-order chi connectivity index (χ1) is 13.2. The van der Waals surface area contributed by atoms with Crippen LogP contribution in [0.15, 0.2) is 36.5 Å². The predicted octanol–water partition coefficient (Wildman–Crippen LogP) is 3.78. The number of aromatic amines is 1. The lowest BCUT2D eigenvalue weighted by Crippen LogP contribution is -2.42. The second-order valence-corrected chi connectivity index (χ2v) is 7.68. The zero-order valence-electron chi connectivity index (χ0n) is 17.0. The Bertz CT molecular complexity index is 806. The van der Waals surface area contributed by atoms with Crippen LogP contribution in [0.2, 0.25) is 0 Å². The van der Waals surface area contributed by atoms with E-state index in [9.17, 15) is 14.9 Å². The molecule has 0 bridgehead atoms. The molecule has 0 amide bonds. The van der Waals surface area contributed by atoms with Crippen molar-refractivity contribution in [2.75, 3.05) is 14.2 Å². The van der Waals surface area contributed by atoms with Crippen LogP contribution in [0.4, 0.5) is 0 Å². The average Bonchev–Trinajstić information content (AvgIpc) is 3.08. The molecule has 1 N–H and O–H groups in total. The monoisotopic (exact) mass is 388 g/mol. The Morgan fingerprint density at radius 2 is 1.79 bits per heavy atom. The highest BCUT2D eigenvalue weighted by Gasteiger charge is 2.42. The van der Waals surface area contributed by atoms with E-state index < -0.39 is 17.7 Å². The molecule has 2 aromatic rings. The summed E-state index contributed by atoms with van der Waals surface area (Å²) in [5.74, 6) is -0.313. The van der Waals surface area contributed by atoms with E-state index in [1.807, 2.05) is 37.3 Å². The van der Waals surface area contributed by atoms with E-state index >= 15 is 0 Å². The van der Waals surface area contributed by atoms with E-state index in [4.69, 9.17) is 9.47 Å². The number of aryl methyl sites for hydroxylation is 1. The number of ketones is 1. The maximum atomic E-state index is 12.4. The number of hydrogen-bond acceptors (Lipinski definition) is 5. The summed E-state index contributed by atoms with van der Waals surface area (Å²) in [6.45, 7) is 5.47. The first kappa shape index (κ1) is 21.8. The van der Waals surface area contributed by atoms with Crippen LogP contribution in [0.5, 0.6) is 0 Å². The quantitative estimate of drug-likeness (QED) is 0.380. The molecule has 0 saturated heterocycles. The molecule has 1 unspecified atom stereocenters. The second kappa shape index (κ2) is 9.12. The summed E-state index contributed by atoms with van der Waals surface area (Å²) in [4.78, 5) is 27.1. The van der Waals surface area contributed by atoms with Gasteiger partial charge >= 0.3 is 0 Å². The standard InChI is InChI=1S/C21H28N2O5/c1-14-6-8-15(9-7-14)16-10-11-22-17(16)12-19(23(25)26)21(2,3)13-18(24)20(27-4)28-5/h6-11,19-20,22H,12-13H2,1-5H3. The SMILES string of the molecule is COC(OC)C(=O)CC(C)(C)C(Cc1[nH]ccc1-c1ccc(C)cc1)[N+](=O)[O-]. The molecule has 1 aromatic heterocycles. The summed E-state index contributed by atoms with van der Waals surface area (Å²) in [7, 11) is 2.74. The lowest BCUT2D eigenvalue weighted by Gasteiger charge is -2.28.